The average Bonchev–Trinajstić information content (AvgIpc) is 3.45. The Kier molecular flexibility index (Phi) is 6.62. The summed E-state index contributed by atoms with van der Waals surface area (Å²) in [5.74, 6) is -0.0596. The van der Waals surface area contributed by atoms with Crippen LogP contribution in [0.15, 0.2) is 53.6 Å². The van der Waals surface area contributed by atoms with Crippen LogP contribution < -0.4 is 19.9 Å². The van der Waals surface area contributed by atoms with Crippen LogP contribution in [0.5, 0.6) is 11.9 Å². The minimum Gasteiger partial charge on any atom is -0.480 e. The van der Waals surface area contributed by atoms with Gasteiger partial charge in [-0.25, -0.2) is 4.98 Å². The highest BCUT2D eigenvalue weighted by molar-refractivity contribution is 6.30. The third kappa shape index (κ3) is 4.21. The molecular weight excluding hydrogens is 520 g/mol. The number of carbonyl (C=O) groups is 1. The minimum absolute atomic E-state index is 0.105. The maximum absolute atomic E-state index is 14.1. The van der Waals surface area contributed by atoms with E-state index in [0.717, 1.165) is 5.56 Å². The SMILES string of the molecule is COc1ncc(-c2cc3c(n2C(C)C)[C@@H](c2ccc(C#N)cc2)N(c2cc(Cl)cn(C)c2=O)C3=O)c(OC)n1. The molecule has 39 heavy (non-hydrogen) atoms. The zero-order valence-electron chi connectivity index (χ0n) is 22.0. The van der Waals surface area contributed by atoms with Gasteiger partial charge in [-0.05, 0) is 43.7 Å². The summed E-state index contributed by atoms with van der Waals surface area (Å²) >= 11 is 6.33. The maximum atomic E-state index is 14.1. The highest BCUT2D eigenvalue weighted by atomic mass is 35.5. The number of ether oxygens (including phenoxy) is 2. The van der Waals surface area contributed by atoms with Gasteiger partial charge in [0.05, 0.1) is 53.4 Å². The molecule has 0 fully saturated rings. The monoisotopic (exact) mass is 544 g/mol. The van der Waals surface area contributed by atoms with Crippen LogP contribution in [0.25, 0.3) is 11.3 Å². The maximum Gasteiger partial charge on any atom is 0.319 e. The third-order valence-electron chi connectivity index (χ3n) is 6.69. The second kappa shape index (κ2) is 9.93. The van der Waals surface area contributed by atoms with E-state index in [9.17, 15) is 14.9 Å². The van der Waals surface area contributed by atoms with E-state index >= 15 is 0 Å². The van der Waals surface area contributed by atoms with Crippen molar-refractivity contribution in [2.75, 3.05) is 19.1 Å². The van der Waals surface area contributed by atoms with Crippen LogP contribution in [-0.4, -0.2) is 39.2 Å². The van der Waals surface area contributed by atoms with Crippen LogP contribution in [0, 0.1) is 11.3 Å². The van der Waals surface area contributed by atoms with Gasteiger partial charge in [0.2, 0.25) is 5.88 Å². The van der Waals surface area contributed by atoms with Gasteiger partial charge in [-0.2, -0.15) is 10.2 Å². The largest absolute Gasteiger partial charge is 0.480 e. The van der Waals surface area contributed by atoms with Crippen molar-refractivity contribution in [3.63, 3.8) is 0 Å². The fourth-order valence-electron chi connectivity index (χ4n) is 5.03. The van der Waals surface area contributed by atoms with Crippen LogP contribution >= 0.6 is 11.6 Å². The van der Waals surface area contributed by atoms with Crippen molar-refractivity contribution in [1.29, 1.82) is 5.26 Å². The number of aromatic nitrogens is 4. The molecule has 0 saturated heterocycles. The Morgan fingerprint density at radius 1 is 1.08 bits per heavy atom. The number of halogens is 1. The summed E-state index contributed by atoms with van der Waals surface area (Å²) in [4.78, 5) is 37.5. The number of hydrogen-bond acceptors (Lipinski definition) is 7. The molecule has 0 spiro atoms. The van der Waals surface area contributed by atoms with Gasteiger partial charge in [-0.15, -0.1) is 0 Å². The summed E-state index contributed by atoms with van der Waals surface area (Å²) in [5, 5.41) is 9.67. The van der Waals surface area contributed by atoms with Crippen molar-refractivity contribution in [3.05, 3.63) is 86.6 Å². The molecule has 0 bridgehead atoms. The highest BCUT2D eigenvalue weighted by Gasteiger charge is 2.44. The predicted octanol–water partition coefficient (Wildman–Crippen LogP) is 4.52. The lowest BCUT2D eigenvalue weighted by atomic mass is 10.0. The summed E-state index contributed by atoms with van der Waals surface area (Å²) < 4.78 is 14.1. The van der Waals surface area contributed by atoms with Crippen molar-refractivity contribution in [2.24, 2.45) is 7.05 Å². The summed E-state index contributed by atoms with van der Waals surface area (Å²) in [6.45, 7) is 4.00. The summed E-state index contributed by atoms with van der Waals surface area (Å²) in [6.07, 6.45) is 3.10. The fraction of sp³-hybridized carbons (Fsp3) is 0.250. The molecule has 198 valence electrons. The van der Waals surface area contributed by atoms with E-state index in [-0.39, 0.29) is 29.2 Å². The van der Waals surface area contributed by atoms with Crippen molar-refractivity contribution in [1.82, 2.24) is 19.1 Å². The first-order valence-electron chi connectivity index (χ1n) is 12.1. The van der Waals surface area contributed by atoms with Gasteiger partial charge in [0, 0.05) is 25.5 Å². The number of amides is 1. The lowest BCUT2D eigenvalue weighted by Crippen LogP contribution is -2.35. The topological polar surface area (TPSA) is 115 Å². The summed E-state index contributed by atoms with van der Waals surface area (Å²) in [6, 6.07) is 11.7. The lowest BCUT2D eigenvalue weighted by molar-refractivity contribution is 0.0993. The molecule has 4 heterocycles. The number of anilines is 1. The van der Waals surface area contributed by atoms with Crippen molar-refractivity contribution in [2.45, 2.75) is 25.9 Å². The number of nitrogens with zero attached hydrogens (tertiary/aromatic N) is 6. The Hall–Kier alpha value is -4.62. The second-order valence-corrected chi connectivity index (χ2v) is 9.78. The van der Waals surface area contributed by atoms with E-state index in [1.54, 1.807) is 43.6 Å². The van der Waals surface area contributed by atoms with E-state index in [2.05, 4.69) is 16.0 Å². The predicted molar refractivity (Wildman–Crippen MR) is 145 cm³/mol. The Morgan fingerprint density at radius 3 is 2.41 bits per heavy atom. The molecular formula is C28H25ClN6O4. The number of benzene rings is 1. The highest BCUT2D eigenvalue weighted by Crippen LogP contribution is 2.46. The molecule has 1 aliphatic heterocycles. The van der Waals surface area contributed by atoms with E-state index in [1.165, 1.54) is 35.9 Å². The van der Waals surface area contributed by atoms with E-state index in [0.29, 0.717) is 39.0 Å². The Labute approximate surface area is 229 Å². The van der Waals surface area contributed by atoms with Crippen molar-refractivity contribution < 1.29 is 14.3 Å². The molecule has 0 aliphatic carbocycles. The van der Waals surface area contributed by atoms with Crippen LogP contribution in [0.1, 0.15) is 53.1 Å². The van der Waals surface area contributed by atoms with Gasteiger partial charge in [0.1, 0.15) is 11.7 Å². The molecule has 1 amide bonds. The number of fused-ring (bicyclic) bond motifs is 1. The molecule has 0 radical (unpaired) electrons. The van der Waals surface area contributed by atoms with Gasteiger partial charge in [-0.3, -0.25) is 14.5 Å². The minimum atomic E-state index is -0.673. The zero-order chi connectivity index (χ0) is 28.0. The van der Waals surface area contributed by atoms with Gasteiger partial charge in [0.25, 0.3) is 11.5 Å². The molecule has 4 aromatic rings. The summed E-state index contributed by atoms with van der Waals surface area (Å²) in [7, 11) is 4.56. The van der Waals surface area contributed by atoms with Gasteiger partial charge in [-0.1, -0.05) is 23.7 Å². The molecule has 1 aliphatic rings. The molecule has 0 saturated carbocycles. The van der Waals surface area contributed by atoms with E-state index in [1.807, 2.05) is 18.4 Å². The first-order valence-corrected chi connectivity index (χ1v) is 12.5. The average molecular weight is 545 g/mol. The third-order valence-corrected chi connectivity index (χ3v) is 6.90. The number of nitriles is 1. The Morgan fingerprint density at radius 2 is 1.79 bits per heavy atom. The number of methoxy groups -OCH3 is 2. The van der Waals surface area contributed by atoms with Gasteiger partial charge >= 0.3 is 6.01 Å². The molecule has 1 atom stereocenters. The van der Waals surface area contributed by atoms with Gasteiger partial charge < -0.3 is 18.6 Å². The first kappa shape index (κ1) is 26.0. The number of hydrogen-bond donors (Lipinski definition) is 0. The van der Waals surface area contributed by atoms with Crippen LogP contribution in [0.4, 0.5) is 5.69 Å². The van der Waals surface area contributed by atoms with E-state index in [4.69, 9.17) is 21.1 Å². The molecule has 0 N–H and O–H groups in total. The quantitative estimate of drug-likeness (QED) is 0.350. The number of rotatable bonds is 6. The second-order valence-electron chi connectivity index (χ2n) is 9.34. The number of pyridine rings is 1. The molecule has 3 aromatic heterocycles. The van der Waals surface area contributed by atoms with E-state index < -0.39 is 6.04 Å². The standard InChI is InChI=1S/C28H25ClN6O4/c1-15(2)34-21(20-13-31-28(39-5)32-25(20)38-4)11-19-24(34)23(17-8-6-16(12-30)7-9-17)35(26(19)36)22-10-18(29)14-33(3)27(22)37/h6-11,13-15,23H,1-5H3/t23-/m1/s1. The van der Waals surface area contributed by atoms with Crippen LogP contribution in [0.3, 0.4) is 0 Å². The van der Waals surface area contributed by atoms with Gasteiger partial charge in [0.15, 0.2) is 0 Å². The first-order chi connectivity index (χ1) is 18.7. The van der Waals surface area contributed by atoms with Crippen LogP contribution in [-0.2, 0) is 7.05 Å². The zero-order valence-corrected chi connectivity index (χ0v) is 22.7. The fourth-order valence-corrected chi connectivity index (χ4v) is 5.28. The summed E-state index contributed by atoms with van der Waals surface area (Å²) in [5.41, 5.74) is 3.38. The molecule has 0 unspecified atom stereocenters. The normalized spacial score (nSPS) is 14.5. The molecule has 10 nitrogen and oxygen atoms in total. The molecule has 5 rings (SSSR count). The molecule has 11 heteroatoms. The number of carbonyl (C=O) groups excluding carboxylic acids is 1. The smallest absolute Gasteiger partial charge is 0.319 e. The van der Waals surface area contributed by atoms with Crippen LogP contribution in [0.2, 0.25) is 5.02 Å². The number of aryl methyl sites for hydroxylation is 1. The van der Waals surface area contributed by atoms with Crippen molar-refractivity contribution >= 4 is 23.2 Å². The molecule has 1 aromatic carbocycles. The van der Waals surface area contributed by atoms with Crippen molar-refractivity contribution in [3.8, 4) is 29.2 Å². The lowest BCUT2D eigenvalue weighted by Gasteiger charge is -2.29. The Balaban J connectivity index is 1.81. The Bertz CT molecular complexity index is 1700.